The molecule has 1 saturated heterocycles. The van der Waals surface area contributed by atoms with Crippen molar-refractivity contribution in [2.75, 3.05) is 19.3 Å². The lowest BCUT2D eigenvalue weighted by atomic mass is 9.87. The maximum atomic E-state index is 12.4. The number of amides is 1. The highest BCUT2D eigenvalue weighted by atomic mass is 32.2. The average molecular weight is 346 g/mol. The molecule has 2 aliphatic rings. The van der Waals surface area contributed by atoms with Crippen LogP contribution in [0.1, 0.15) is 52.4 Å². The summed E-state index contributed by atoms with van der Waals surface area (Å²) in [6, 6.07) is 0.176. The molecule has 7 heteroatoms. The van der Waals surface area contributed by atoms with Crippen LogP contribution in [0.2, 0.25) is 0 Å². The molecular weight excluding hydrogens is 314 g/mol. The van der Waals surface area contributed by atoms with E-state index in [9.17, 15) is 13.2 Å². The zero-order valence-electron chi connectivity index (χ0n) is 14.5. The molecule has 1 amide bonds. The number of carbonyl (C=O) groups is 1. The molecule has 0 radical (unpaired) electrons. The van der Waals surface area contributed by atoms with E-state index >= 15 is 0 Å². The monoisotopic (exact) mass is 345 g/mol. The van der Waals surface area contributed by atoms with E-state index in [2.05, 4.69) is 21.9 Å². The van der Waals surface area contributed by atoms with Gasteiger partial charge in [0.25, 0.3) is 0 Å². The van der Waals surface area contributed by atoms with Crippen LogP contribution in [0.15, 0.2) is 0 Å². The molecule has 1 atom stereocenters. The molecule has 0 spiro atoms. The SMILES string of the molecule is CC1CCC(NC(=O)C(C)N2CCC(NS(C)(=O)=O)CC2)CC1. The van der Waals surface area contributed by atoms with Gasteiger partial charge in [0.15, 0.2) is 0 Å². The second-order valence-electron chi connectivity index (χ2n) is 7.34. The molecule has 0 aromatic rings. The second kappa shape index (κ2) is 7.94. The standard InChI is InChI=1S/C16H31N3O3S/c1-12-4-6-14(7-5-12)17-16(20)13(2)19-10-8-15(9-11-19)18-23(3,21)22/h12-15,18H,4-11H2,1-3H3,(H,17,20). The van der Waals surface area contributed by atoms with Crippen molar-refractivity contribution in [2.45, 2.75) is 70.5 Å². The van der Waals surface area contributed by atoms with Crippen molar-refractivity contribution in [3.05, 3.63) is 0 Å². The summed E-state index contributed by atoms with van der Waals surface area (Å²) in [5, 5.41) is 3.19. The Morgan fingerprint density at radius 1 is 1.04 bits per heavy atom. The Kier molecular flexibility index (Phi) is 6.45. The van der Waals surface area contributed by atoms with Crippen molar-refractivity contribution < 1.29 is 13.2 Å². The quantitative estimate of drug-likeness (QED) is 0.782. The summed E-state index contributed by atoms with van der Waals surface area (Å²) in [5.41, 5.74) is 0. The summed E-state index contributed by atoms with van der Waals surface area (Å²) < 4.78 is 25.2. The minimum Gasteiger partial charge on any atom is -0.352 e. The number of carbonyl (C=O) groups excluding carboxylic acids is 1. The maximum Gasteiger partial charge on any atom is 0.237 e. The van der Waals surface area contributed by atoms with Crippen LogP contribution in [0.4, 0.5) is 0 Å². The van der Waals surface area contributed by atoms with Crippen LogP contribution in [0.5, 0.6) is 0 Å². The molecule has 2 fully saturated rings. The second-order valence-corrected chi connectivity index (χ2v) is 9.12. The fourth-order valence-corrected chi connectivity index (χ4v) is 4.44. The van der Waals surface area contributed by atoms with Crippen LogP contribution in [0.3, 0.4) is 0 Å². The van der Waals surface area contributed by atoms with E-state index in [1.165, 1.54) is 19.1 Å². The highest BCUT2D eigenvalue weighted by molar-refractivity contribution is 7.88. The fourth-order valence-electron chi connectivity index (χ4n) is 3.60. The number of hydrogen-bond acceptors (Lipinski definition) is 4. The first-order chi connectivity index (χ1) is 10.7. The molecule has 1 saturated carbocycles. The lowest BCUT2D eigenvalue weighted by Crippen LogP contribution is -2.53. The molecule has 23 heavy (non-hydrogen) atoms. The molecule has 1 heterocycles. The smallest absolute Gasteiger partial charge is 0.237 e. The maximum absolute atomic E-state index is 12.4. The molecule has 6 nitrogen and oxygen atoms in total. The van der Waals surface area contributed by atoms with Crippen LogP contribution >= 0.6 is 0 Å². The van der Waals surface area contributed by atoms with Crippen molar-refractivity contribution in [1.29, 1.82) is 0 Å². The highest BCUT2D eigenvalue weighted by Crippen LogP contribution is 2.23. The van der Waals surface area contributed by atoms with Crippen molar-refractivity contribution in [3.8, 4) is 0 Å². The Morgan fingerprint density at radius 2 is 1.61 bits per heavy atom. The Bertz CT molecular complexity index is 493. The third kappa shape index (κ3) is 6.04. The van der Waals surface area contributed by atoms with Crippen LogP contribution < -0.4 is 10.0 Å². The molecule has 0 bridgehead atoms. The number of rotatable bonds is 5. The van der Waals surface area contributed by atoms with Gasteiger partial charge in [0.05, 0.1) is 12.3 Å². The van der Waals surface area contributed by atoms with Crippen molar-refractivity contribution in [1.82, 2.24) is 14.9 Å². The van der Waals surface area contributed by atoms with Crippen LogP contribution in [0.25, 0.3) is 0 Å². The lowest BCUT2D eigenvalue weighted by molar-refractivity contribution is -0.127. The van der Waals surface area contributed by atoms with Gasteiger partial charge in [-0.1, -0.05) is 6.92 Å². The lowest BCUT2D eigenvalue weighted by Gasteiger charge is -2.36. The van der Waals surface area contributed by atoms with Gasteiger partial charge in [0.1, 0.15) is 0 Å². The summed E-state index contributed by atoms with van der Waals surface area (Å²) in [5.74, 6) is 0.890. The summed E-state index contributed by atoms with van der Waals surface area (Å²) in [7, 11) is -3.15. The predicted octanol–water partition coefficient (Wildman–Crippen LogP) is 1.08. The molecule has 0 aromatic heterocycles. The van der Waals surface area contributed by atoms with Gasteiger partial charge in [0.2, 0.25) is 15.9 Å². The van der Waals surface area contributed by atoms with E-state index in [0.29, 0.717) is 6.04 Å². The van der Waals surface area contributed by atoms with E-state index in [1.807, 2.05) is 6.92 Å². The van der Waals surface area contributed by atoms with Gasteiger partial charge in [-0.15, -0.1) is 0 Å². The van der Waals surface area contributed by atoms with Crippen LogP contribution in [-0.2, 0) is 14.8 Å². The minimum absolute atomic E-state index is 0.00339. The van der Waals surface area contributed by atoms with Gasteiger partial charge < -0.3 is 5.32 Å². The van der Waals surface area contributed by atoms with Gasteiger partial charge in [-0.2, -0.15) is 0 Å². The summed E-state index contributed by atoms with van der Waals surface area (Å²) >= 11 is 0. The first kappa shape index (κ1) is 18.7. The first-order valence-electron chi connectivity index (χ1n) is 8.76. The molecule has 1 aliphatic heterocycles. The third-order valence-electron chi connectivity index (χ3n) is 5.20. The van der Waals surface area contributed by atoms with Gasteiger partial charge in [-0.05, 0) is 51.4 Å². The minimum atomic E-state index is -3.15. The molecule has 2 rings (SSSR count). The molecule has 0 aromatic carbocycles. The van der Waals surface area contributed by atoms with Crippen molar-refractivity contribution >= 4 is 15.9 Å². The Labute approximate surface area is 140 Å². The van der Waals surface area contributed by atoms with Gasteiger partial charge in [-0.3, -0.25) is 9.69 Å². The van der Waals surface area contributed by atoms with E-state index in [1.54, 1.807) is 0 Å². The van der Waals surface area contributed by atoms with E-state index in [-0.39, 0.29) is 18.0 Å². The van der Waals surface area contributed by atoms with Crippen LogP contribution in [-0.4, -0.2) is 56.7 Å². The number of likely N-dealkylation sites (tertiary alicyclic amines) is 1. The van der Waals surface area contributed by atoms with Gasteiger partial charge in [-0.25, -0.2) is 13.1 Å². The average Bonchev–Trinajstić information content (AvgIpc) is 2.48. The van der Waals surface area contributed by atoms with E-state index in [4.69, 9.17) is 0 Å². The molecule has 1 aliphatic carbocycles. The summed E-state index contributed by atoms with van der Waals surface area (Å²) in [6.45, 7) is 5.73. The highest BCUT2D eigenvalue weighted by Gasteiger charge is 2.29. The number of nitrogens with one attached hydrogen (secondary N) is 2. The van der Waals surface area contributed by atoms with Gasteiger partial charge in [0, 0.05) is 25.2 Å². The summed E-state index contributed by atoms with van der Waals surface area (Å²) in [6.07, 6.45) is 7.27. The normalized spacial score (nSPS) is 29.2. The molecule has 2 N–H and O–H groups in total. The first-order valence-corrected chi connectivity index (χ1v) is 10.7. The zero-order chi connectivity index (χ0) is 17.0. The molecule has 1 unspecified atom stereocenters. The molecular formula is C16H31N3O3S. The zero-order valence-corrected chi connectivity index (χ0v) is 15.4. The number of hydrogen-bond donors (Lipinski definition) is 2. The largest absolute Gasteiger partial charge is 0.352 e. The number of sulfonamides is 1. The number of nitrogens with zero attached hydrogens (tertiary/aromatic N) is 1. The fraction of sp³-hybridized carbons (Fsp3) is 0.938. The molecule has 134 valence electrons. The topological polar surface area (TPSA) is 78.5 Å². The van der Waals surface area contributed by atoms with Crippen molar-refractivity contribution in [2.24, 2.45) is 5.92 Å². The third-order valence-corrected chi connectivity index (χ3v) is 5.96. The summed E-state index contributed by atoms with van der Waals surface area (Å²) in [4.78, 5) is 14.6. The van der Waals surface area contributed by atoms with Crippen LogP contribution in [0, 0.1) is 5.92 Å². The Hall–Kier alpha value is -0.660. The predicted molar refractivity (Wildman–Crippen MR) is 91.6 cm³/mol. The Balaban J connectivity index is 1.75. The number of piperidine rings is 1. The van der Waals surface area contributed by atoms with Gasteiger partial charge >= 0.3 is 0 Å². The van der Waals surface area contributed by atoms with E-state index in [0.717, 1.165) is 44.7 Å². The van der Waals surface area contributed by atoms with Crippen molar-refractivity contribution in [3.63, 3.8) is 0 Å². The Morgan fingerprint density at radius 3 is 2.13 bits per heavy atom. The van der Waals surface area contributed by atoms with E-state index < -0.39 is 10.0 Å².